The Bertz CT molecular complexity index is 314. The lowest BCUT2D eigenvalue weighted by molar-refractivity contribution is -0.384. The Morgan fingerprint density at radius 2 is 2.00 bits per heavy atom. The number of alkyl halides is 1. The van der Waals surface area contributed by atoms with Gasteiger partial charge in [0.25, 0.3) is 5.69 Å². The van der Waals surface area contributed by atoms with Gasteiger partial charge in [0.15, 0.2) is 0 Å². The number of nitrogens with zero attached hydrogens (tertiary/aromatic N) is 1. The van der Waals surface area contributed by atoms with E-state index in [0.717, 1.165) is 29.5 Å². The SMILES string of the molecule is O=[N+]([O-])c1ccc(CCCNCI)cc1. The molecule has 0 heterocycles. The summed E-state index contributed by atoms with van der Waals surface area (Å²) >= 11 is 2.27. The second kappa shape index (κ2) is 6.73. The molecule has 0 unspecified atom stereocenters. The third-order valence-corrected chi connectivity index (χ3v) is 2.60. The van der Waals surface area contributed by atoms with Gasteiger partial charge in [0.2, 0.25) is 0 Å². The van der Waals surface area contributed by atoms with Crippen LogP contribution >= 0.6 is 22.6 Å². The molecule has 0 saturated carbocycles. The van der Waals surface area contributed by atoms with Crippen LogP contribution in [0.25, 0.3) is 0 Å². The standard InChI is InChI=1S/C10H13IN2O2/c11-8-12-7-1-2-9-3-5-10(6-4-9)13(14)15/h3-6,12H,1-2,7-8H2. The average Bonchev–Trinajstić information content (AvgIpc) is 2.25. The molecule has 1 aromatic rings. The molecule has 0 radical (unpaired) electrons. The van der Waals surface area contributed by atoms with Crippen LogP contribution in [-0.2, 0) is 6.42 Å². The molecule has 82 valence electrons. The van der Waals surface area contributed by atoms with Crippen molar-refractivity contribution < 1.29 is 4.92 Å². The van der Waals surface area contributed by atoms with E-state index in [4.69, 9.17) is 0 Å². The van der Waals surface area contributed by atoms with E-state index in [2.05, 4.69) is 27.9 Å². The fourth-order valence-electron chi connectivity index (χ4n) is 1.27. The van der Waals surface area contributed by atoms with E-state index in [9.17, 15) is 10.1 Å². The van der Waals surface area contributed by atoms with Crippen LogP contribution in [0.5, 0.6) is 0 Å². The molecule has 0 aliphatic rings. The number of halogens is 1. The molecule has 0 saturated heterocycles. The predicted molar refractivity (Wildman–Crippen MR) is 68.3 cm³/mol. The molecule has 0 aliphatic heterocycles. The topological polar surface area (TPSA) is 55.2 Å². The van der Waals surface area contributed by atoms with Gasteiger partial charge in [-0.1, -0.05) is 34.7 Å². The van der Waals surface area contributed by atoms with Gasteiger partial charge in [0, 0.05) is 16.7 Å². The summed E-state index contributed by atoms with van der Waals surface area (Å²) in [6.07, 6.45) is 2.02. The number of non-ortho nitro benzene ring substituents is 1. The Hall–Kier alpha value is -0.690. The van der Waals surface area contributed by atoms with E-state index >= 15 is 0 Å². The number of nitro benzene ring substituents is 1. The van der Waals surface area contributed by atoms with Crippen LogP contribution in [-0.4, -0.2) is 16.0 Å². The Morgan fingerprint density at radius 1 is 1.33 bits per heavy atom. The molecule has 1 N–H and O–H groups in total. The second-order valence-corrected chi connectivity index (χ2v) is 3.92. The first kappa shape index (κ1) is 12.4. The van der Waals surface area contributed by atoms with Crippen LogP contribution in [0.15, 0.2) is 24.3 Å². The molecule has 1 rings (SSSR count). The lowest BCUT2D eigenvalue weighted by Gasteiger charge is -2.01. The van der Waals surface area contributed by atoms with Crippen LogP contribution in [0, 0.1) is 10.1 Å². The van der Waals surface area contributed by atoms with Gasteiger partial charge in [0.05, 0.1) is 4.92 Å². The fourth-order valence-corrected chi connectivity index (χ4v) is 1.65. The fraction of sp³-hybridized carbons (Fsp3) is 0.400. The number of nitrogens with one attached hydrogen (secondary N) is 1. The number of benzene rings is 1. The summed E-state index contributed by atoms with van der Waals surface area (Å²) in [6, 6.07) is 6.76. The molecule has 0 atom stereocenters. The number of hydrogen-bond donors (Lipinski definition) is 1. The van der Waals surface area contributed by atoms with Gasteiger partial charge < -0.3 is 5.32 Å². The molecular weight excluding hydrogens is 307 g/mol. The maximum Gasteiger partial charge on any atom is 0.269 e. The number of rotatable bonds is 6. The van der Waals surface area contributed by atoms with Crippen molar-refractivity contribution in [2.75, 3.05) is 11.1 Å². The lowest BCUT2D eigenvalue weighted by Crippen LogP contribution is -2.12. The van der Waals surface area contributed by atoms with E-state index < -0.39 is 0 Å². The Labute approximate surface area is 102 Å². The van der Waals surface area contributed by atoms with E-state index in [1.165, 1.54) is 0 Å². The first-order valence-electron chi connectivity index (χ1n) is 4.74. The number of aryl methyl sites for hydroxylation is 1. The van der Waals surface area contributed by atoms with Gasteiger partial charge in [-0.3, -0.25) is 10.1 Å². The molecule has 0 amide bonds. The van der Waals surface area contributed by atoms with E-state index in [1.807, 2.05) is 12.1 Å². The third kappa shape index (κ3) is 4.57. The summed E-state index contributed by atoms with van der Waals surface area (Å²) in [5.74, 6) is 0. The van der Waals surface area contributed by atoms with E-state index in [1.54, 1.807) is 12.1 Å². The van der Waals surface area contributed by atoms with Crippen molar-refractivity contribution in [3.05, 3.63) is 39.9 Å². The quantitative estimate of drug-likeness (QED) is 0.219. The first-order chi connectivity index (χ1) is 7.24. The van der Waals surface area contributed by atoms with Crippen LogP contribution in [0.1, 0.15) is 12.0 Å². The minimum absolute atomic E-state index is 0.157. The van der Waals surface area contributed by atoms with Crippen LogP contribution in [0.2, 0.25) is 0 Å². The zero-order valence-electron chi connectivity index (χ0n) is 8.28. The van der Waals surface area contributed by atoms with Crippen molar-refractivity contribution in [3.8, 4) is 0 Å². The Morgan fingerprint density at radius 3 is 2.53 bits per heavy atom. The molecule has 1 aromatic carbocycles. The van der Waals surface area contributed by atoms with Crippen molar-refractivity contribution in [3.63, 3.8) is 0 Å². The van der Waals surface area contributed by atoms with Crippen molar-refractivity contribution in [2.45, 2.75) is 12.8 Å². The summed E-state index contributed by atoms with van der Waals surface area (Å²) in [5.41, 5.74) is 1.31. The van der Waals surface area contributed by atoms with Gasteiger partial charge in [-0.15, -0.1) is 0 Å². The highest BCUT2D eigenvalue weighted by Gasteiger charge is 2.03. The van der Waals surface area contributed by atoms with E-state index in [0.29, 0.717) is 0 Å². The number of hydrogen-bond acceptors (Lipinski definition) is 3. The molecule has 0 spiro atoms. The van der Waals surface area contributed by atoms with Crippen molar-refractivity contribution in [1.29, 1.82) is 0 Å². The van der Waals surface area contributed by atoms with Crippen molar-refractivity contribution in [2.24, 2.45) is 0 Å². The summed E-state index contributed by atoms with van der Waals surface area (Å²) in [5, 5.41) is 13.6. The van der Waals surface area contributed by atoms with Crippen LogP contribution in [0.3, 0.4) is 0 Å². The zero-order valence-corrected chi connectivity index (χ0v) is 10.4. The summed E-state index contributed by atoms with van der Waals surface area (Å²) in [6.45, 7) is 0.986. The minimum atomic E-state index is -0.374. The Balaban J connectivity index is 2.39. The largest absolute Gasteiger partial charge is 0.308 e. The lowest BCUT2D eigenvalue weighted by atomic mass is 10.1. The first-order valence-corrected chi connectivity index (χ1v) is 6.26. The Kier molecular flexibility index (Phi) is 5.56. The summed E-state index contributed by atoms with van der Waals surface area (Å²) in [4.78, 5) is 10.0. The highest BCUT2D eigenvalue weighted by molar-refractivity contribution is 14.1. The average molecular weight is 320 g/mol. The van der Waals surface area contributed by atoms with Gasteiger partial charge in [0.1, 0.15) is 0 Å². The molecule has 0 fully saturated rings. The number of nitro groups is 1. The third-order valence-electron chi connectivity index (χ3n) is 2.06. The highest BCUT2D eigenvalue weighted by Crippen LogP contribution is 2.12. The van der Waals surface area contributed by atoms with Gasteiger partial charge >= 0.3 is 0 Å². The summed E-state index contributed by atoms with van der Waals surface area (Å²) in [7, 11) is 0. The van der Waals surface area contributed by atoms with Crippen molar-refractivity contribution >= 4 is 28.3 Å². The monoisotopic (exact) mass is 320 g/mol. The van der Waals surface area contributed by atoms with Gasteiger partial charge in [-0.2, -0.15) is 0 Å². The highest BCUT2D eigenvalue weighted by atomic mass is 127. The van der Waals surface area contributed by atoms with Crippen LogP contribution in [0.4, 0.5) is 5.69 Å². The summed E-state index contributed by atoms with van der Waals surface area (Å²) < 4.78 is 0.956. The van der Waals surface area contributed by atoms with E-state index in [-0.39, 0.29) is 10.6 Å². The minimum Gasteiger partial charge on any atom is -0.308 e. The predicted octanol–water partition coefficient (Wildman–Crippen LogP) is 2.51. The maximum absolute atomic E-state index is 10.4. The van der Waals surface area contributed by atoms with Gasteiger partial charge in [-0.25, -0.2) is 0 Å². The molecule has 4 nitrogen and oxygen atoms in total. The molecule has 0 bridgehead atoms. The van der Waals surface area contributed by atoms with Gasteiger partial charge in [-0.05, 0) is 24.9 Å². The molecule has 0 aliphatic carbocycles. The molecule has 5 heteroatoms. The molecular formula is C10H13IN2O2. The van der Waals surface area contributed by atoms with Crippen molar-refractivity contribution in [1.82, 2.24) is 5.32 Å². The normalized spacial score (nSPS) is 10.2. The molecule has 15 heavy (non-hydrogen) atoms. The molecule has 0 aromatic heterocycles. The maximum atomic E-state index is 10.4. The smallest absolute Gasteiger partial charge is 0.269 e. The second-order valence-electron chi connectivity index (χ2n) is 3.16. The van der Waals surface area contributed by atoms with Crippen LogP contribution < -0.4 is 5.32 Å². The zero-order chi connectivity index (χ0) is 11.1.